The van der Waals surface area contributed by atoms with E-state index in [2.05, 4.69) is 10.6 Å². The predicted octanol–water partition coefficient (Wildman–Crippen LogP) is 2.14. The Balaban J connectivity index is 0.00000400. The Kier molecular flexibility index (Phi) is 9.41. The summed E-state index contributed by atoms with van der Waals surface area (Å²) in [6.45, 7) is 5.94. The van der Waals surface area contributed by atoms with E-state index < -0.39 is 0 Å². The summed E-state index contributed by atoms with van der Waals surface area (Å²) >= 11 is 0. The van der Waals surface area contributed by atoms with Crippen LogP contribution in [0.2, 0.25) is 0 Å². The number of amides is 2. The van der Waals surface area contributed by atoms with E-state index in [1.54, 1.807) is 36.2 Å². The maximum atomic E-state index is 12.1. The molecule has 1 aromatic rings. The lowest BCUT2D eigenvalue weighted by molar-refractivity contribution is -0.116. The summed E-state index contributed by atoms with van der Waals surface area (Å²) in [6.07, 6.45) is 0.427. The molecule has 0 fully saturated rings. The largest absolute Gasteiger partial charge is 0.339 e. The topological polar surface area (TPSA) is 61.4 Å². The smallest absolute Gasteiger partial charge is 0.253 e. The lowest BCUT2D eigenvalue weighted by Crippen LogP contribution is -2.30. The van der Waals surface area contributed by atoms with Crippen molar-refractivity contribution in [3.8, 4) is 0 Å². The van der Waals surface area contributed by atoms with Gasteiger partial charge in [-0.1, -0.05) is 0 Å². The summed E-state index contributed by atoms with van der Waals surface area (Å²) in [7, 11) is 1.81. The molecule has 0 aliphatic heterocycles. The van der Waals surface area contributed by atoms with Crippen LogP contribution in [0.15, 0.2) is 24.3 Å². The fourth-order valence-electron chi connectivity index (χ4n) is 1.85. The second-order valence-corrected chi connectivity index (χ2v) is 4.46. The van der Waals surface area contributed by atoms with Gasteiger partial charge in [-0.15, -0.1) is 12.4 Å². The van der Waals surface area contributed by atoms with Crippen molar-refractivity contribution in [3.05, 3.63) is 29.8 Å². The van der Waals surface area contributed by atoms with E-state index in [9.17, 15) is 9.59 Å². The average Bonchev–Trinajstić information content (AvgIpc) is 2.47. The highest BCUT2D eigenvalue weighted by Crippen LogP contribution is 2.12. The zero-order valence-electron chi connectivity index (χ0n) is 12.8. The van der Waals surface area contributed by atoms with Crippen molar-refractivity contribution in [3.63, 3.8) is 0 Å². The Morgan fingerprint density at radius 2 is 1.67 bits per heavy atom. The molecule has 0 radical (unpaired) electrons. The number of hydrogen-bond donors (Lipinski definition) is 2. The van der Waals surface area contributed by atoms with Gasteiger partial charge in [-0.3, -0.25) is 9.59 Å². The van der Waals surface area contributed by atoms with Gasteiger partial charge in [-0.25, -0.2) is 0 Å². The summed E-state index contributed by atoms with van der Waals surface area (Å²) in [5.41, 5.74) is 1.35. The van der Waals surface area contributed by atoms with Crippen LogP contribution >= 0.6 is 12.4 Å². The van der Waals surface area contributed by atoms with Gasteiger partial charge in [0.2, 0.25) is 5.91 Å². The van der Waals surface area contributed by atoms with E-state index in [1.807, 2.05) is 13.8 Å². The Labute approximate surface area is 132 Å². The third-order valence-corrected chi connectivity index (χ3v) is 3.07. The molecule has 118 valence electrons. The van der Waals surface area contributed by atoms with Crippen molar-refractivity contribution < 1.29 is 9.59 Å². The molecule has 0 bridgehead atoms. The average molecular weight is 314 g/mol. The summed E-state index contributed by atoms with van der Waals surface area (Å²) in [4.78, 5) is 25.4. The van der Waals surface area contributed by atoms with E-state index >= 15 is 0 Å². The van der Waals surface area contributed by atoms with Crippen molar-refractivity contribution in [2.75, 3.05) is 32.0 Å². The number of rotatable bonds is 7. The Hall–Kier alpha value is -1.59. The fourth-order valence-corrected chi connectivity index (χ4v) is 1.85. The third kappa shape index (κ3) is 6.14. The number of nitrogens with zero attached hydrogens (tertiary/aromatic N) is 1. The molecular formula is C15H24ClN3O2. The van der Waals surface area contributed by atoms with Gasteiger partial charge in [0.1, 0.15) is 0 Å². The number of carbonyl (C=O) groups is 2. The van der Waals surface area contributed by atoms with Gasteiger partial charge < -0.3 is 15.5 Å². The highest BCUT2D eigenvalue weighted by atomic mass is 35.5. The number of benzene rings is 1. The van der Waals surface area contributed by atoms with Crippen molar-refractivity contribution in [1.29, 1.82) is 0 Å². The molecule has 2 N–H and O–H groups in total. The Morgan fingerprint density at radius 1 is 1.10 bits per heavy atom. The summed E-state index contributed by atoms with van der Waals surface area (Å²) in [6, 6.07) is 7.00. The number of anilines is 1. The first kappa shape index (κ1) is 19.4. The van der Waals surface area contributed by atoms with E-state index in [0.717, 1.165) is 0 Å². The maximum absolute atomic E-state index is 12.1. The van der Waals surface area contributed by atoms with E-state index in [-0.39, 0.29) is 24.2 Å². The molecule has 0 aliphatic rings. The van der Waals surface area contributed by atoms with E-state index in [4.69, 9.17) is 0 Å². The lowest BCUT2D eigenvalue weighted by atomic mass is 10.1. The SMILES string of the molecule is CCN(CC)C(=O)c1ccc(NC(=O)CCNC)cc1.Cl. The number of hydrogen-bond acceptors (Lipinski definition) is 3. The normalized spacial score (nSPS) is 9.67. The summed E-state index contributed by atoms with van der Waals surface area (Å²) in [5, 5.41) is 5.72. The monoisotopic (exact) mass is 313 g/mol. The predicted molar refractivity (Wildman–Crippen MR) is 88.1 cm³/mol. The molecule has 2 amide bonds. The minimum Gasteiger partial charge on any atom is -0.339 e. The van der Waals surface area contributed by atoms with Gasteiger partial charge in [-0.2, -0.15) is 0 Å². The molecule has 0 aliphatic carbocycles. The molecule has 0 heterocycles. The first-order chi connectivity index (χ1) is 9.62. The maximum Gasteiger partial charge on any atom is 0.253 e. The Bertz CT molecular complexity index is 445. The molecule has 6 heteroatoms. The second-order valence-electron chi connectivity index (χ2n) is 4.46. The molecule has 0 spiro atoms. The lowest BCUT2D eigenvalue weighted by Gasteiger charge is -2.18. The van der Waals surface area contributed by atoms with Gasteiger partial charge in [0.15, 0.2) is 0 Å². The van der Waals surface area contributed by atoms with Crippen LogP contribution in [0, 0.1) is 0 Å². The summed E-state index contributed by atoms with van der Waals surface area (Å²) in [5.74, 6) is -0.0229. The molecule has 21 heavy (non-hydrogen) atoms. The van der Waals surface area contributed by atoms with Crippen LogP contribution in [-0.2, 0) is 4.79 Å². The van der Waals surface area contributed by atoms with Crippen LogP contribution in [-0.4, -0.2) is 43.4 Å². The van der Waals surface area contributed by atoms with Crippen molar-refractivity contribution >= 4 is 29.9 Å². The number of carbonyl (C=O) groups excluding carboxylic acids is 2. The van der Waals surface area contributed by atoms with Crippen LogP contribution in [0.3, 0.4) is 0 Å². The highest BCUT2D eigenvalue weighted by Gasteiger charge is 2.12. The zero-order valence-corrected chi connectivity index (χ0v) is 13.6. The molecule has 0 saturated heterocycles. The van der Waals surface area contributed by atoms with Gasteiger partial charge in [0.05, 0.1) is 0 Å². The fraction of sp³-hybridized carbons (Fsp3) is 0.467. The van der Waals surface area contributed by atoms with Crippen LogP contribution in [0.25, 0.3) is 0 Å². The molecule has 0 aromatic heterocycles. The van der Waals surface area contributed by atoms with Crippen LogP contribution in [0.5, 0.6) is 0 Å². The van der Waals surface area contributed by atoms with Crippen LogP contribution in [0.1, 0.15) is 30.6 Å². The van der Waals surface area contributed by atoms with E-state index in [1.165, 1.54) is 0 Å². The number of nitrogens with one attached hydrogen (secondary N) is 2. The Morgan fingerprint density at radius 3 is 2.14 bits per heavy atom. The van der Waals surface area contributed by atoms with Gasteiger partial charge in [0, 0.05) is 37.3 Å². The van der Waals surface area contributed by atoms with Crippen LogP contribution in [0.4, 0.5) is 5.69 Å². The van der Waals surface area contributed by atoms with Crippen molar-refractivity contribution in [1.82, 2.24) is 10.2 Å². The standard InChI is InChI=1S/C15H23N3O2.ClH/c1-4-18(5-2)15(20)12-6-8-13(9-7-12)17-14(19)10-11-16-3;/h6-9,16H,4-5,10-11H2,1-3H3,(H,17,19);1H. The van der Waals surface area contributed by atoms with Crippen LogP contribution < -0.4 is 10.6 Å². The minimum atomic E-state index is -0.0397. The molecule has 5 nitrogen and oxygen atoms in total. The minimum absolute atomic E-state index is 0. The molecular weight excluding hydrogens is 290 g/mol. The molecule has 0 atom stereocenters. The van der Waals surface area contributed by atoms with E-state index in [0.29, 0.717) is 37.3 Å². The van der Waals surface area contributed by atoms with Crippen molar-refractivity contribution in [2.24, 2.45) is 0 Å². The highest BCUT2D eigenvalue weighted by molar-refractivity contribution is 5.95. The first-order valence-electron chi connectivity index (χ1n) is 6.96. The quantitative estimate of drug-likeness (QED) is 0.810. The van der Waals surface area contributed by atoms with Crippen molar-refractivity contribution in [2.45, 2.75) is 20.3 Å². The van der Waals surface area contributed by atoms with Gasteiger partial charge in [0.25, 0.3) is 5.91 Å². The molecule has 1 rings (SSSR count). The third-order valence-electron chi connectivity index (χ3n) is 3.07. The molecule has 0 saturated carbocycles. The zero-order chi connectivity index (χ0) is 15.0. The van der Waals surface area contributed by atoms with Gasteiger partial charge >= 0.3 is 0 Å². The molecule has 0 unspecified atom stereocenters. The summed E-state index contributed by atoms with van der Waals surface area (Å²) < 4.78 is 0. The molecule has 1 aromatic carbocycles. The van der Waals surface area contributed by atoms with Gasteiger partial charge in [-0.05, 0) is 45.2 Å². The number of halogens is 1. The first-order valence-corrected chi connectivity index (χ1v) is 6.96. The second kappa shape index (κ2) is 10.2.